The molecule has 88 heavy (non-hydrogen) atoms. The van der Waals surface area contributed by atoms with Crippen molar-refractivity contribution in [2.75, 3.05) is 61.2 Å². The van der Waals surface area contributed by atoms with E-state index in [1.165, 1.54) is 13.8 Å². The molecule has 0 spiro atoms. The number of aryl methyl sites for hydroxylation is 1. The van der Waals surface area contributed by atoms with E-state index in [0.29, 0.717) is 58.2 Å². The first kappa shape index (κ1) is 75.5. The van der Waals surface area contributed by atoms with Gasteiger partial charge in [0.25, 0.3) is 24.2 Å². The molecule has 0 radical (unpaired) electrons. The minimum atomic E-state index is -1.16. The van der Waals surface area contributed by atoms with Crippen LogP contribution in [0.4, 0.5) is 0 Å². The maximum atomic E-state index is 14.7. The average molecular weight is 1250 g/mol. The summed E-state index contributed by atoms with van der Waals surface area (Å²) >= 11 is 1.08. The molecule has 1 aliphatic rings. The summed E-state index contributed by atoms with van der Waals surface area (Å²) in [6, 6.07) is 4.68. The molecule has 4 N–H and O–H groups in total. The van der Waals surface area contributed by atoms with Gasteiger partial charge in [0.2, 0.25) is 23.6 Å². The van der Waals surface area contributed by atoms with Gasteiger partial charge in [0.1, 0.15) is 22.8 Å². The predicted octanol–water partition coefficient (Wildman–Crippen LogP) is 5.79. The van der Waals surface area contributed by atoms with E-state index in [0.717, 1.165) is 39.5 Å². The van der Waals surface area contributed by atoms with Crippen LogP contribution in [0.25, 0.3) is 0 Å². The van der Waals surface area contributed by atoms with E-state index in [-0.39, 0.29) is 97.7 Å². The SMILES string of the molecule is CCC(C)[C@H](CC(=O)C(C)(C)N(C)C)C(=O)N(C)[C@H](C[C@@H](OC(=O)CC(C)C(=O)NC(C)C(=O)NC(CCCCNC(=O)CCN1C(=O)C=CC1=O)C(=O)CCCOCCOC)c1nc(C(=O)N[C@@H](Cc2ccc(C)cc2)CC(C)OC=O)cs1)C(C)C. The molecule has 3 rings (SSSR count). The molecule has 0 saturated carbocycles. The van der Waals surface area contributed by atoms with Crippen molar-refractivity contribution in [2.45, 2.75) is 188 Å². The Labute approximate surface area is 523 Å². The summed E-state index contributed by atoms with van der Waals surface area (Å²) < 4.78 is 22.0. The number of nitrogens with zero attached hydrogens (tertiary/aromatic N) is 4. The van der Waals surface area contributed by atoms with Crippen LogP contribution in [0.15, 0.2) is 41.8 Å². The quantitative estimate of drug-likeness (QED) is 0.0264. The van der Waals surface area contributed by atoms with Crippen LogP contribution >= 0.6 is 11.3 Å². The second-order valence-electron chi connectivity index (χ2n) is 24.1. The molecule has 5 unspecified atom stereocenters. The Kier molecular flexibility index (Phi) is 32.5. The van der Waals surface area contributed by atoms with Crippen LogP contribution in [0.2, 0.25) is 0 Å². The Morgan fingerprint density at radius 1 is 0.818 bits per heavy atom. The number of carbonyl (C=O) groups excluding carboxylic acids is 11. The maximum absolute atomic E-state index is 14.7. The summed E-state index contributed by atoms with van der Waals surface area (Å²) in [4.78, 5) is 154. The highest BCUT2D eigenvalue weighted by atomic mass is 32.1. The molecule has 23 nitrogen and oxygen atoms in total. The van der Waals surface area contributed by atoms with Crippen LogP contribution in [0.3, 0.4) is 0 Å². The van der Waals surface area contributed by atoms with Crippen LogP contribution in [-0.4, -0.2) is 182 Å². The first-order chi connectivity index (χ1) is 41.5. The zero-order valence-corrected chi connectivity index (χ0v) is 55.1. The highest BCUT2D eigenvalue weighted by molar-refractivity contribution is 7.09. The van der Waals surface area contributed by atoms with Gasteiger partial charge < -0.3 is 45.1 Å². The summed E-state index contributed by atoms with van der Waals surface area (Å²) in [6.07, 6.45) is 3.01. The summed E-state index contributed by atoms with van der Waals surface area (Å²) in [5.41, 5.74) is 1.21. The Morgan fingerprint density at radius 3 is 2.10 bits per heavy atom. The number of ketones is 2. The zero-order chi connectivity index (χ0) is 65.8. The molecule has 0 bridgehead atoms. The van der Waals surface area contributed by atoms with E-state index in [1.807, 2.05) is 91.7 Å². The first-order valence-corrected chi connectivity index (χ1v) is 31.5. The third-order valence-corrected chi connectivity index (χ3v) is 17.2. The molecule has 490 valence electrons. The van der Waals surface area contributed by atoms with Gasteiger partial charge in [0, 0.05) is 107 Å². The molecule has 2 aromatic rings. The van der Waals surface area contributed by atoms with Crippen LogP contribution in [0, 0.1) is 30.6 Å². The fourth-order valence-electron chi connectivity index (χ4n) is 9.79. The third-order valence-electron chi connectivity index (χ3n) is 16.3. The van der Waals surface area contributed by atoms with Crippen molar-refractivity contribution >= 4 is 76.7 Å². The van der Waals surface area contributed by atoms with Crippen molar-refractivity contribution in [1.29, 1.82) is 0 Å². The highest BCUT2D eigenvalue weighted by Crippen LogP contribution is 2.34. The van der Waals surface area contributed by atoms with Crippen molar-refractivity contribution in [2.24, 2.45) is 23.7 Å². The molecule has 7 amide bonds. The fourth-order valence-corrected chi connectivity index (χ4v) is 10.6. The number of nitrogens with one attached hydrogen (secondary N) is 4. The molecule has 0 fully saturated rings. The van der Waals surface area contributed by atoms with Crippen LogP contribution in [0.5, 0.6) is 0 Å². The smallest absolute Gasteiger partial charge is 0.307 e. The van der Waals surface area contributed by atoms with Crippen molar-refractivity contribution in [3.8, 4) is 0 Å². The normalized spacial score (nSPS) is 15.5. The summed E-state index contributed by atoms with van der Waals surface area (Å²) in [6.45, 7) is 19.6. The molecule has 24 heteroatoms. The number of likely N-dealkylation sites (N-methyl/N-ethyl adjacent to an activating group) is 1. The molecular formula is C64H98N8O15S. The molecular weight excluding hydrogens is 1150 g/mol. The van der Waals surface area contributed by atoms with Crippen molar-refractivity contribution < 1.29 is 71.7 Å². The number of amides is 7. The monoisotopic (exact) mass is 1250 g/mol. The number of ether oxygens (including phenoxy) is 4. The van der Waals surface area contributed by atoms with Gasteiger partial charge in [-0.15, -0.1) is 11.3 Å². The minimum absolute atomic E-state index is 0.00658. The number of rotatable bonds is 43. The molecule has 1 aliphatic heterocycles. The van der Waals surface area contributed by atoms with Crippen LogP contribution < -0.4 is 21.3 Å². The largest absolute Gasteiger partial charge is 0.465 e. The first-order valence-electron chi connectivity index (χ1n) is 30.6. The highest BCUT2D eigenvalue weighted by Gasteiger charge is 2.40. The van der Waals surface area contributed by atoms with Gasteiger partial charge >= 0.3 is 5.97 Å². The standard InChI is InChI=1S/C64H98N8O15S/c1-15-42(5)48(36-54(75)64(9,10)70(11)12)63(83)71(13)51(40(2)3)37-53(62-69-50(38-88-62)61(82)67-47(34-44(7)86-39-73)35-46-23-21-41(4)22-24-46)87-58(79)33-43(6)59(80)66-45(8)60(81)68-49(52(74)20-18-30-85-32-31-84-14)19-16-17-28-65-55(76)27-29-72-56(77)25-26-57(72)78/h21-26,38-40,42-45,47-49,51,53H,15-20,27-37H2,1-14H3,(H,65,76)(H,66,80)(H,67,82)(H,68,81)/t42?,43?,44?,45?,47-,48+,49?,51-,53-/m1/s1. The number of esters is 1. The van der Waals surface area contributed by atoms with Crippen LogP contribution in [0.1, 0.15) is 166 Å². The fraction of sp³-hybridized carbons (Fsp3) is 0.656. The van der Waals surface area contributed by atoms with Crippen molar-refractivity contribution in [1.82, 2.24) is 41.0 Å². The van der Waals surface area contributed by atoms with Gasteiger partial charge in [-0.25, -0.2) is 4.98 Å². The van der Waals surface area contributed by atoms with E-state index in [2.05, 4.69) is 21.3 Å². The van der Waals surface area contributed by atoms with E-state index < -0.39 is 95.7 Å². The number of unbranched alkanes of at least 4 members (excludes halogenated alkanes) is 1. The Morgan fingerprint density at radius 2 is 1.49 bits per heavy atom. The average Bonchev–Trinajstić information content (AvgIpc) is 4.30. The number of thiazole rings is 1. The lowest BCUT2D eigenvalue weighted by Crippen LogP contribution is -2.51. The number of methoxy groups -OCH3 is 1. The van der Waals surface area contributed by atoms with Crippen LogP contribution in [-0.2, 0) is 73.3 Å². The second-order valence-corrected chi connectivity index (χ2v) is 25.0. The molecule has 0 aliphatic carbocycles. The topological polar surface area (TPSA) is 295 Å². The summed E-state index contributed by atoms with van der Waals surface area (Å²) in [5.74, 6) is -6.66. The second kappa shape index (κ2) is 37.9. The Hall–Kier alpha value is -6.76. The van der Waals surface area contributed by atoms with E-state index in [9.17, 15) is 52.7 Å². The summed E-state index contributed by atoms with van der Waals surface area (Å²) in [5, 5.41) is 13.0. The number of hydrogen-bond donors (Lipinski definition) is 4. The maximum Gasteiger partial charge on any atom is 0.307 e. The van der Waals surface area contributed by atoms with Gasteiger partial charge in [-0.3, -0.25) is 62.5 Å². The van der Waals surface area contributed by atoms with E-state index in [1.54, 1.807) is 31.4 Å². The number of hydrogen-bond acceptors (Lipinski definition) is 18. The molecule has 1 aromatic carbocycles. The van der Waals surface area contributed by atoms with Gasteiger partial charge in [0.05, 0.1) is 31.2 Å². The third kappa shape index (κ3) is 25.0. The predicted molar refractivity (Wildman–Crippen MR) is 332 cm³/mol. The molecule has 0 saturated heterocycles. The van der Waals surface area contributed by atoms with Crippen molar-refractivity contribution in [3.05, 3.63) is 63.6 Å². The molecule has 1 aromatic heterocycles. The molecule has 9 atom stereocenters. The number of carbonyl (C=O) groups is 11. The lowest BCUT2D eigenvalue weighted by molar-refractivity contribution is -0.154. The number of benzene rings is 1. The Bertz CT molecular complexity index is 2660. The number of aromatic nitrogens is 1. The lowest BCUT2D eigenvalue weighted by Gasteiger charge is -2.38. The van der Waals surface area contributed by atoms with Gasteiger partial charge in [0.15, 0.2) is 17.7 Å². The summed E-state index contributed by atoms with van der Waals surface area (Å²) in [7, 11) is 6.85. The number of Topliss-reactive ketones (excluding diaryl/α,β-unsaturated/α-hetero) is 2. The van der Waals surface area contributed by atoms with E-state index in [4.69, 9.17) is 23.9 Å². The van der Waals surface area contributed by atoms with E-state index >= 15 is 0 Å². The Balaban J connectivity index is 1.85. The molecule has 2 heterocycles. The van der Waals surface area contributed by atoms with Gasteiger partial charge in [-0.05, 0) is 98.2 Å². The number of imide groups is 1. The van der Waals surface area contributed by atoms with Gasteiger partial charge in [-0.1, -0.05) is 70.9 Å². The van der Waals surface area contributed by atoms with Crippen molar-refractivity contribution in [3.63, 3.8) is 0 Å². The van der Waals surface area contributed by atoms with Gasteiger partial charge in [-0.2, -0.15) is 0 Å². The minimum Gasteiger partial charge on any atom is -0.465 e. The lowest BCUT2D eigenvalue weighted by atomic mass is 9.81. The zero-order valence-electron chi connectivity index (χ0n) is 54.2.